The van der Waals surface area contributed by atoms with E-state index in [1.165, 1.54) is 16.8 Å². The van der Waals surface area contributed by atoms with Crippen LogP contribution in [0.4, 0.5) is 5.69 Å². The van der Waals surface area contributed by atoms with Crippen molar-refractivity contribution >= 4 is 11.5 Å². The molecule has 3 rings (SSSR count). The highest BCUT2D eigenvalue weighted by Gasteiger charge is 2.40. The van der Waals surface area contributed by atoms with Crippen LogP contribution in [-0.4, -0.2) is 56.6 Å². The average molecular weight is 395 g/mol. The van der Waals surface area contributed by atoms with Gasteiger partial charge in [0.2, 0.25) is 0 Å². The van der Waals surface area contributed by atoms with Crippen molar-refractivity contribution in [3.05, 3.63) is 64.7 Å². The minimum atomic E-state index is -0.555. The first-order valence-electron chi connectivity index (χ1n) is 10.6. The number of morpholine rings is 1. The fraction of sp³-hybridized carbons (Fsp3) is 0.480. The van der Waals surface area contributed by atoms with Gasteiger partial charge in [-0.05, 0) is 70.1 Å². The zero-order chi connectivity index (χ0) is 21.0. The van der Waals surface area contributed by atoms with E-state index in [0.717, 1.165) is 43.9 Å². The number of hydrogen-bond acceptors (Lipinski definition) is 4. The van der Waals surface area contributed by atoms with Crippen molar-refractivity contribution < 1.29 is 9.53 Å². The molecule has 1 atom stereocenters. The van der Waals surface area contributed by atoms with E-state index in [4.69, 9.17) is 4.74 Å². The molecule has 0 N–H and O–H groups in total. The van der Waals surface area contributed by atoms with Crippen molar-refractivity contribution in [2.75, 3.05) is 45.3 Å². The van der Waals surface area contributed by atoms with Gasteiger partial charge in [0.25, 0.3) is 0 Å². The van der Waals surface area contributed by atoms with E-state index in [1.807, 2.05) is 20.2 Å². The number of likely N-dealkylation sites (N-methyl/N-ethyl adjacent to an activating group) is 1. The maximum atomic E-state index is 13.8. The van der Waals surface area contributed by atoms with Gasteiger partial charge >= 0.3 is 0 Å². The number of benzene rings is 2. The quantitative estimate of drug-likeness (QED) is 0.657. The van der Waals surface area contributed by atoms with Gasteiger partial charge in [0, 0.05) is 24.3 Å². The van der Waals surface area contributed by atoms with Gasteiger partial charge in [-0.15, -0.1) is 0 Å². The molecule has 0 radical (unpaired) electrons. The molecule has 1 saturated heterocycles. The number of ketones is 1. The molecular weight excluding hydrogens is 360 g/mol. The van der Waals surface area contributed by atoms with Gasteiger partial charge in [0.1, 0.15) is 0 Å². The summed E-state index contributed by atoms with van der Waals surface area (Å²) in [6, 6.07) is 14.8. The van der Waals surface area contributed by atoms with E-state index >= 15 is 0 Å². The van der Waals surface area contributed by atoms with Crippen LogP contribution in [-0.2, 0) is 11.2 Å². The molecule has 0 aliphatic carbocycles. The van der Waals surface area contributed by atoms with Gasteiger partial charge in [0.05, 0.1) is 18.8 Å². The Balaban J connectivity index is 1.92. The first-order valence-corrected chi connectivity index (χ1v) is 10.6. The molecule has 1 fully saturated rings. The first kappa shape index (κ1) is 21.5. The molecule has 4 heteroatoms. The molecular formula is C25H34N2O2. The maximum absolute atomic E-state index is 13.8. The van der Waals surface area contributed by atoms with Crippen LogP contribution in [0.5, 0.6) is 0 Å². The third-order valence-electron chi connectivity index (χ3n) is 6.31. The van der Waals surface area contributed by atoms with Crippen LogP contribution in [0.1, 0.15) is 40.4 Å². The molecule has 156 valence electrons. The lowest BCUT2D eigenvalue weighted by molar-refractivity contribution is 0.0665. The topological polar surface area (TPSA) is 32.8 Å². The summed E-state index contributed by atoms with van der Waals surface area (Å²) in [5.74, 6) is 0.205. The molecule has 1 unspecified atom stereocenters. The van der Waals surface area contributed by atoms with E-state index in [9.17, 15) is 4.79 Å². The molecule has 2 aromatic rings. The summed E-state index contributed by atoms with van der Waals surface area (Å²) in [4.78, 5) is 18.3. The van der Waals surface area contributed by atoms with Crippen LogP contribution in [0.2, 0.25) is 0 Å². The Morgan fingerprint density at radius 2 is 1.72 bits per heavy atom. The van der Waals surface area contributed by atoms with Gasteiger partial charge in [-0.1, -0.05) is 36.8 Å². The van der Waals surface area contributed by atoms with E-state index in [1.54, 1.807) is 0 Å². The van der Waals surface area contributed by atoms with Crippen molar-refractivity contribution in [3.63, 3.8) is 0 Å². The summed E-state index contributed by atoms with van der Waals surface area (Å²) in [6.45, 7) is 9.58. The Morgan fingerprint density at radius 3 is 2.28 bits per heavy atom. The molecule has 2 aromatic carbocycles. The molecule has 1 aliphatic rings. The van der Waals surface area contributed by atoms with Crippen LogP contribution in [0.3, 0.4) is 0 Å². The standard InChI is InChI=1S/C25H34N2O2/c1-6-25(26(4)5,18-21-9-7-19(2)8-10-21)24(28)23-12-11-22(17-20(23)3)27-13-15-29-16-14-27/h7-12,17H,6,13-16,18H2,1-5H3. The third-order valence-corrected chi connectivity index (χ3v) is 6.31. The summed E-state index contributed by atoms with van der Waals surface area (Å²) >= 11 is 0. The summed E-state index contributed by atoms with van der Waals surface area (Å²) in [7, 11) is 4.04. The highest BCUT2D eigenvalue weighted by atomic mass is 16.5. The predicted molar refractivity (Wildman–Crippen MR) is 120 cm³/mol. The van der Waals surface area contributed by atoms with E-state index in [2.05, 4.69) is 67.0 Å². The number of aryl methyl sites for hydroxylation is 2. The number of carbonyl (C=O) groups is 1. The molecule has 0 saturated carbocycles. The van der Waals surface area contributed by atoms with Gasteiger partial charge in [-0.3, -0.25) is 9.69 Å². The Morgan fingerprint density at radius 1 is 1.07 bits per heavy atom. The average Bonchev–Trinajstić information content (AvgIpc) is 2.73. The van der Waals surface area contributed by atoms with Crippen molar-refractivity contribution in [3.8, 4) is 0 Å². The predicted octanol–water partition coefficient (Wildman–Crippen LogP) is 4.28. The van der Waals surface area contributed by atoms with E-state index in [0.29, 0.717) is 6.42 Å². The number of ether oxygens (including phenoxy) is 1. The molecule has 1 aliphatic heterocycles. The Labute approximate surface area is 175 Å². The molecule has 4 nitrogen and oxygen atoms in total. The lowest BCUT2D eigenvalue weighted by Crippen LogP contribution is -2.52. The minimum Gasteiger partial charge on any atom is -0.378 e. The van der Waals surface area contributed by atoms with Crippen molar-refractivity contribution in [2.45, 2.75) is 39.2 Å². The van der Waals surface area contributed by atoms with Crippen LogP contribution in [0.15, 0.2) is 42.5 Å². The van der Waals surface area contributed by atoms with Gasteiger partial charge < -0.3 is 9.64 Å². The lowest BCUT2D eigenvalue weighted by Gasteiger charge is -2.38. The van der Waals surface area contributed by atoms with Gasteiger partial charge in [-0.2, -0.15) is 0 Å². The number of carbonyl (C=O) groups excluding carboxylic acids is 1. The fourth-order valence-electron chi connectivity index (χ4n) is 4.26. The second-order valence-electron chi connectivity index (χ2n) is 8.37. The number of hydrogen-bond donors (Lipinski definition) is 0. The number of anilines is 1. The van der Waals surface area contributed by atoms with Gasteiger partial charge in [0.15, 0.2) is 5.78 Å². The number of nitrogens with zero attached hydrogens (tertiary/aromatic N) is 2. The lowest BCUT2D eigenvalue weighted by atomic mass is 9.79. The molecule has 0 bridgehead atoms. The Kier molecular flexibility index (Phi) is 6.76. The van der Waals surface area contributed by atoms with Crippen LogP contribution in [0, 0.1) is 13.8 Å². The van der Waals surface area contributed by atoms with Crippen molar-refractivity contribution in [1.82, 2.24) is 4.90 Å². The third kappa shape index (κ3) is 4.54. The summed E-state index contributed by atoms with van der Waals surface area (Å²) in [5.41, 5.74) is 4.92. The fourth-order valence-corrected chi connectivity index (χ4v) is 4.26. The highest BCUT2D eigenvalue weighted by Crippen LogP contribution is 2.30. The molecule has 0 spiro atoms. The minimum absolute atomic E-state index is 0.205. The van der Waals surface area contributed by atoms with Gasteiger partial charge in [-0.25, -0.2) is 0 Å². The Bertz CT molecular complexity index is 838. The second-order valence-corrected chi connectivity index (χ2v) is 8.37. The second kappa shape index (κ2) is 9.10. The molecule has 1 heterocycles. The van der Waals surface area contributed by atoms with Crippen LogP contribution < -0.4 is 4.90 Å². The molecule has 0 aromatic heterocycles. The molecule has 0 amide bonds. The van der Waals surface area contributed by atoms with E-state index < -0.39 is 5.54 Å². The maximum Gasteiger partial charge on any atom is 0.183 e. The number of Topliss-reactive ketones (excluding diaryl/α,β-unsaturated/α-hetero) is 1. The van der Waals surface area contributed by atoms with Crippen LogP contribution >= 0.6 is 0 Å². The highest BCUT2D eigenvalue weighted by molar-refractivity contribution is 6.04. The zero-order valence-corrected chi connectivity index (χ0v) is 18.5. The monoisotopic (exact) mass is 394 g/mol. The first-order chi connectivity index (χ1) is 13.9. The zero-order valence-electron chi connectivity index (χ0n) is 18.5. The normalized spacial score (nSPS) is 16.7. The van der Waals surface area contributed by atoms with E-state index in [-0.39, 0.29) is 5.78 Å². The summed E-state index contributed by atoms with van der Waals surface area (Å²) < 4.78 is 5.46. The Hall–Kier alpha value is -2.17. The summed E-state index contributed by atoms with van der Waals surface area (Å²) in [6.07, 6.45) is 1.47. The SMILES string of the molecule is CCC(Cc1ccc(C)cc1)(C(=O)c1ccc(N2CCOCC2)cc1C)N(C)C. The molecule has 29 heavy (non-hydrogen) atoms. The van der Waals surface area contributed by atoms with Crippen molar-refractivity contribution in [2.24, 2.45) is 0 Å². The largest absolute Gasteiger partial charge is 0.378 e. The van der Waals surface area contributed by atoms with Crippen molar-refractivity contribution in [1.29, 1.82) is 0 Å². The summed E-state index contributed by atoms with van der Waals surface area (Å²) in [5, 5.41) is 0. The van der Waals surface area contributed by atoms with Crippen LogP contribution in [0.25, 0.3) is 0 Å². The number of rotatable bonds is 7. The smallest absolute Gasteiger partial charge is 0.183 e.